The zero-order chi connectivity index (χ0) is 13.1. The number of hydrogen-bond donors (Lipinski definition) is 1. The van der Waals surface area contributed by atoms with Crippen molar-refractivity contribution in [3.05, 3.63) is 36.0 Å². The summed E-state index contributed by atoms with van der Waals surface area (Å²) < 4.78 is 7.78. The Balaban J connectivity index is 1.80. The van der Waals surface area contributed by atoms with Gasteiger partial charge in [-0.05, 0) is 36.8 Å². The van der Waals surface area contributed by atoms with Gasteiger partial charge in [0.25, 0.3) is 0 Å². The smallest absolute Gasteiger partial charge is 0.0645 e. The second-order valence-corrected chi connectivity index (χ2v) is 5.22. The Kier molecular flexibility index (Phi) is 3.85. The first-order chi connectivity index (χ1) is 9.38. The van der Waals surface area contributed by atoms with E-state index in [4.69, 9.17) is 4.74 Å². The second-order valence-electron chi connectivity index (χ2n) is 5.22. The van der Waals surface area contributed by atoms with Crippen molar-refractivity contribution in [3.8, 4) is 0 Å². The number of nitrogens with one attached hydrogen (secondary N) is 1. The highest BCUT2D eigenvalue weighted by Crippen LogP contribution is 2.23. The van der Waals surface area contributed by atoms with E-state index in [0.717, 1.165) is 32.3 Å². The first-order valence-corrected chi connectivity index (χ1v) is 7.26. The summed E-state index contributed by atoms with van der Waals surface area (Å²) in [5.74, 6) is 0. The molecule has 0 amide bonds. The molecule has 0 spiro atoms. The summed E-state index contributed by atoms with van der Waals surface area (Å²) in [7, 11) is 0. The van der Waals surface area contributed by atoms with Crippen LogP contribution in [0.5, 0.6) is 0 Å². The molecule has 1 aromatic heterocycles. The fourth-order valence-electron chi connectivity index (χ4n) is 2.52. The van der Waals surface area contributed by atoms with Crippen molar-refractivity contribution in [2.24, 2.45) is 0 Å². The lowest BCUT2D eigenvalue weighted by molar-refractivity contribution is 0.140. The third-order valence-corrected chi connectivity index (χ3v) is 3.71. The van der Waals surface area contributed by atoms with Crippen LogP contribution in [0.2, 0.25) is 0 Å². The number of fused-ring (bicyclic) bond motifs is 1. The number of hydrogen-bond acceptors (Lipinski definition) is 2. The van der Waals surface area contributed by atoms with Gasteiger partial charge in [-0.2, -0.15) is 0 Å². The van der Waals surface area contributed by atoms with Gasteiger partial charge >= 0.3 is 0 Å². The summed E-state index contributed by atoms with van der Waals surface area (Å²) >= 11 is 0. The Morgan fingerprint density at radius 3 is 3.00 bits per heavy atom. The highest BCUT2D eigenvalue weighted by molar-refractivity contribution is 5.83. The van der Waals surface area contributed by atoms with Gasteiger partial charge in [0.2, 0.25) is 0 Å². The van der Waals surface area contributed by atoms with Gasteiger partial charge < -0.3 is 14.6 Å². The minimum atomic E-state index is 0.752. The highest BCUT2D eigenvalue weighted by Gasteiger charge is 2.20. The molecule has 1 fully saturated rings. The standard InChI is InChI=1S/C16H22N2O/c1-2-19-11-10-18-9-8-13-4-3-5-14(16(13)18)12-17-15-6-7-15/h3-5,8-9,15,17H,2,6-7,10-12H2,1H3. The van der Waals surface area contributed by atoms with Crippen molar-refractivity contribution in [1.82, 2.24) is 9.88 Å². The van der Waals surface area contributed by atoms with Gasteiger partial charge in [0.05, 0.1) is 12.1 Å². The van der Waals surface area contributed by atoms with Crippen LogP contribution in [0, 0.1) is 0 Å². The largest absolute Gasteiger partial charge is 0.380 e. The van der Waals surface area contributed by atoms with Crippen LogP contribution in [-0.2, 0) is 17.8 Å². The maximum absolute atomic E-state index is 5.47. The molecule has 0 saturated heterocycles. The Morgan fingerprint density at radius 2 is 2.21 bits per heavy atom. The molecule has 1 N–H and O–H groups in total. The topological polar surface area (TPSA) is 26.2 Å². The van der Waals surface area contributed by atoms with Gasteiger partial charge in [0.15, 0.2) is 0 Å². The van der Waals surface area contributed by atoms with Crippen LogP contribution in [0.15, 0.2) is 30.5 Å². The summed E-state index contributed by atoms with van der Waals surface area (Å²) in [6, 6.07) is 9.52. The van der Waals surface area contributed by atoms with Gasteiger partial charge in [0.1, 0.15) is 0 Å². The van der Waals surface area contributed by atoms with E-state index in [2.05, 4.69) is 40.3 Å². The van der Waals surface area contributed by atoms with Crippen molar-refractivity contribution in [3.63, 3.8) is 0 Å². The summed E-state index contributed by atoms with van der Waals surface area (Å²) in [5, 5.41) is 4.93. The molecule has 2 aromatic rings. The summed E-state index contributed by atoms with van der Waals surface area (Å²) in [5.41, 5.74) is 2.75. The van der Waals surface area contributed by atoms with E-state index in [0.29, 0.717) is 0 Å². The summed E-state index contributed by atoms with van der Waals surface area (Å²) in [4.78, 5) is 0. The zero-order valence-electron chi connectivity index (χ0n) is 11.6. The average Bonchev–Trinajstić information content (AvgIpc) is 3.17. The Bertz CT molecular complexity index is 543. The third-order valence-electron chi connectivity index (χ3n) is 3.71. The quantitative estimate of drug-likeness (QED) is 0.773. The van der Waals surface area contributed by atoms with E-state index in [-0.39, 0.29) is 0 Å². The van der Waals surface area contributed by atoms with Crippen LogP contribution in [0.25, 0.3) is 10.9 Å². The van der Waals surface area contributed by atoms with Gasteiger partial charge in [0, 0.05) is 31.9 Å². The molecule has 3 rings (SSSR count). The van der Waals surface area contributed by atoms with E-state index >= 15 is 0 Å². The molecule has 3 heteroatoms. The first kappa shape index (κ1) is 12.7. The Morgan fingerprint density at radius 1 is 1.32 bits per heavy atom. The predicted molar refractivity (Wildman–Crippen MR) is 78.3 cm³/mol. The van der Waals surface area contributed by atoms with E-state index in [9.17, 15) is 0 Å². The van der Waals surface area contributed by atoms with Crippen molar-refractivity contribution >= 4 is 10.9 Å². The second kappa shape index (κ2) is 5.76. The average molecular weight is 258 g/mol. The maximum atomic E-state index is 5.47. The van der Waals surface area contributed by atoms with Gasteiger partial charge in [-0.15, -0.1) is 0 Å². The molecule has 0 atom stereocenters. The number of aromatic nitrogens is 1. The van der Waals surface area contributed by atoms with E-state index in [1.165, 1.54) is 29.3 Å². The van der Waals surface area contributed by atoms with Crippen LogP contribution in [0.1, 0.15) is 25.3 Å². The van der Waals surface area contributed by atoms with Crippen molar-refractivity contribution in [2.75, 3.05) is 13.2 Å². The zero-order valence-corrected chi connectivity index (χ0v) is 11.6. The Hall–Kier alpha value is -1.32. The lowest BCUT2D eigenvalue weighted by Crippen LogP contribution is -2.16. The van der Waals surface area contributed by atoms with Crippen molar-refractivity contribution in [2.45, 2.75) is 38.9 Å². The Labute approximate surface area is 114 Å². The van der Waals surface area contributed by atoms with Gasteiger partial charge in [-0.25, -0.2) is 0 Å². The molecule has 102 valence electrons. The fourth-order valence-corrected chi connectivity index (χ4v) is 2.52. The lowest BCUT2D eigenvalue weighted by atomic mass is 10.1. The minimum absolute atomic E-state index is 0.752. The first-order valence-electron chi connectivity index (χ1n) is 7.26. The SMILES string of the molecule is CCOCCn1ccc2cccc(CNC3CC3)c21. The molecule has 19 heavy (non-hydrogen) atoms. The number of nitrogens with zero attached hydrogens (tertiary/aromatic N) is 1. The fraction of sp³-hybridized carbons (Fsp3) is 0.500. The van der Waals surface area contributed by atoms with Crippen LogP contribution in [0.4, 0.5) is 0 Å². The number of rotatable bonds is 7. The van der Waals surface area contributed by atoms with Gasteiger partial charge in [-0.1, -0.05) is 18.2 Å². The van der Waals surface area contributed by atoms with Crippen LogP contribution in [0.3, 0.4) is 0 Å². The number of ether oxygens (including phenoxy) is 1. The van der Waals surface area contributed by atoms with E-state index in [1.807, 2.05) is 6.92 Å². The molecule has 1 aromatic carbocycles. The van der Waals surface area contributed by atoms with Crippen LogP contribution in [-0.4, -0.2) is 23.8 Å². The molecule has 0 bridgehead atoms. The number of benzene rings is 1. The normalized spacial score (nSPS) is 15.2. The monoisotopic (exact) mass is 258 g/mol. The van der Waals surface area contributed by atoms with Crippen LogP contribution < -0.4 is 5.32 Å². The van der Waals surface area contributed by atoms with E-state index in [1.54, 1.807) is 0 Å². The molecular formula is C16H22N2O. The minimum Gasteiger partial charge on any atom is -0.380 e. The molecule has 1 aliphatic rings. The molecule has 0 radical (unpaired) electrons. The highest BCUT2D eigenvalue weighted by atomic mass is 16.5. The molecule has 0 unspecified atom stereocenters. The van der Waals surface area contributed by atoms with E-state index < -0.39 is 0 Å². The molecule has 1 saturated carbocycles. The van der Waals surface area contributed by atoms with Crippen LogP contribution >= 0.6 is 0 Å². The molecule has 3 nitrogen and oxygen atoms in total. The summed E-state index contributed by atoms with van der Waals surface area (Å²) in [6.07, 6.45) is 4.84. The third kappa shape index (κ3) is 2.99. The van der Waals surface area contributed by atoms with Crippen molar-refractivity contribution < 1.29 is 4.74 Å². The number of para-hydroxylation sites is 1. The molecular weight excluding hydrogens is 236 g/mol. The summed E-state index contributed by atoms with van der Waals surface area (Å²) in [6.45, 7) is 5.51. The predicted octanol–water partition coefficient (Wildman–Crippen LogP) is 2.93. The lowest BCUT2D eigenvalue weighted by Gasteiger charge is -2.10. The maximum Gasteiger partial charge on any atom is 0.0645 e. The van der Waals surface area contributed by atoms with Gasteiger partial charge in [-0.3, -0.25) is 0 Å². The molecule has 1 aliphatic carbocycles. The van der Waals surface area contributed by atoms with Crippen molar-refractivity contribution in [1.29, 1.82) is 0 Å². The molecule has 1 heterocycles. The molecule has 0 aliphatic heterocycles.